The number of rotatable bonds is 7. The van der Waals surface area contributed by atoms with Gasteiger partial charge in [0, 0.05) is 12.2 Å². The van der Waals surface area contributed by atoms with Crippen LogP contribution in [0.1, 0.15) is 18.9 Å². The maximum Gasteiger partial charge on any atom is 0.307 e. The number of benzene rings is 2. The first-order chi connectivity index (χ1) is 12.0. The Morgan fingerprint density at radius 3 is 2.40 bits per heavy atom. The number of esters is 1. The first-order valence-corrected chi connectivity index (χ1v) is 8.71. The SMILES string of the molecule is CCOC(=O)CCN(C(=O)Cc1ccc(Cl)c(Cl)c1)c1ccccc1. The minimum atomic E-state index is -0.328. The lowest BCUT2D eigenvalue weighted by atomic mass is 10.1. The second kappa shape index (κ2) is 9.44. The van der Waals surface area contributed by atoms with Gasteiger partial charge < -0.3 is 9.64 Å². The predicted octanol–water partition coefficient (Wildman–Crippen LogP) is 4.52. The third kappa shape index (κ3) is 5.76. The quantitative estimate of drug-likeness (QED) is 0.664. The van der Waals surface area contributed by atoms with Crippen molar-refractivity contribution in [2.24, 2.45) is 0 Å². The number of halogens is 2. The second-order valence-electron chi connectivity index (χ2n) is 5.36. The van der Waals surface area contributed by atoms with Crippen LogP contribution in [0.15, 0.2) is 48.5 Å². The Balaban J connectivity index is 2.14. The Bertz CT molecular complexity index is 735. The molecule has 0 heterocycles. The first kappa shape index (κ1) is 19.3. The number of carbonyl (C=O) groups is 2. The third-order valence-electron chi connectivity index (χ3n) is 3.55. The predicted molar refractivity (Wildman–Crippen MR) is 100 cm³/mol. The Kier molecular flexibility index (Phi) is 7.29. The van der Waals surface area contributed by atoms with Crippen molar-refractivity contribution >= 4 is 40.8 Å². The first-order valence-electron chi connectivity index (χ1n) is 7.96. The van der Waals surface area contributed by atoms with Gasteiger partial charge in [-0.25, -0.2) is 0 Å². The number of nitrogens with zero attached hydrogens (tertiary/aromatic N) is 1. The van der Waals surface area contributed by atoms with Crippen LogP contribution in [0.25, 0.3) is 0 Å². The summed E-state index contributed by atoms with van der Waals surface area (Å²) in [4.78, 5) is 26.0. The zero-order chi connectivity index (χ0) is 18.2. The molecule has 0 aromatic heterocycles. The van der Waals surface area contributed by atoms with E-state index < -0.39 is 0 Å². The molecule has 25 heavy (non-hydrogen) atoms. The summed E-state index contributed by atoms with van der Waals surface area (Å²) in [6.07, 6.45) is 0.296. The molecule has 2 rings (SSSR count). The van der Waals surface area contributed by atoms with Crippen molar-refractivity contribution in [3.8, 4) is 0 Å². The lowest BCUT2D eigenvalue weighted by Crippen LogP contribution is -2.34. The van der Waals surface area contributed by atoms with Crippen molar-refractivity contribution in [2.75, 3.05) is 18.1 Å². The Labute approximate surface area is 157 Å². The average molecular weight is 380 g/mol. The molecule has 0 atom stereocenters. The highest BCUT2D eigenvalue weighted by atomic mass is 35.5. The fourth-order valence-electron chi connectivity index (χ4n) is 2.36. The van der Waals surface area contributed by atoms with Crippen molar-refractivity contribution in [3.63, 3.8) is 0 Å². The van der Waals surface area contributed by atoms with Gasteiger partial charge in [0.25, 0.3) is 0 Å². The Morgan fingerprint density at radius 2 is 1.76 bits per heavy atom. The maximum atomic E-state index is 12.8. The molecule has 2 aromatic rings. The molecule has 0 spiro atoms. The average Bonchev–Trinajstić information content (AvgIpc) is 2.59. The highest BCUT2D eigenvalue weighted by molar-refractivity contribution is 6.42. The molecular formula is C19H19Cl2NO3. The fourth-order valence-corrected chi connectivity index (χ4v) is 2.68. The molecule has 2 aromatic carbocycles. The number of amides is 1. The minimum Gasteiger partial charge on any atom is -0.466 e. The highest BCUT2D eigenvalue weighted by Gasteiger charge is 2.18. The van der Waals surface area contributed by atoms with Gasteiger partial charge in [0.05, 0.1) is 29.5 Å². The molecule has 1 amide bonds. The topological polar surface area (TPSA) is 46.6 Å². The van der Waals surface area contributed by atoms with E-state index in [1.165, 1.54) is 0 Å². The summed E-state index contributed by atoms with van der Waals surface area (Å²) in [5.74, 6) is -0.459. The summed E-state index contributed by atoms with van der Waals surface area (Å²) in [6.45, 7) is 2.33. The summed E-state index contributed by atoms with van der Waals surface area (Å²) in [7, 11) is 0. The summed E-state index contributed by atoms with van der Waals surface area (Å²) in [6, 6.07) is 14.3. The molecule has 0 aliphatic rings. The van der Waals surface area contributed by atoms with Crippen LogP contribution < -0.4 is 4.90 Å². The molecule has 0 N–H and O–H groups in total. The molecule has 0 saturated carbocycles. The molecule has 0 unspecified atom stereocenters. The Morgan fingerprint density at radius 1 is 1.04 bits per heavy atom. The molecular weight excluding hydrogens is 361 g/mol. The van der Waals surface area contributed by atoms with Crippen molar-refractivity contribution in [1.29, 1.82) is 0 Å². The van der Waals surface area contributed by atoms with E-state index in [2.05, 4.69) is 0 Å². The van der Waals surface area contributed by atoms with E-state index in [0.29, 0.717) is 16.7 Å². The summed E-state index contributed by atoms with van der Waals surface area (Å²) < 4.78 is 4.95. The number of hydrogen-bond acceptors (Lipinski definition) is 3. The molecule has 6 heteroatoms. The van der Waals surface area contributed by atoms with E-state index in [9.17, 15) is 9.59 Å². The smallest absolute Gasteiger partial charge is 0.307 e. The van der Waals surface area contributed by atoms with Crippen molar-refractivity contribution in [3.05, 3.63) is 64.1 Å². The van der Waals surface area contributed by atoms with Crippen molar-refractivity contribution in [2.45, 2.75) is 19.8 Å². The van der Waals surface area contributed by atoms with Gasteiger partial charge in [-0.15, -0.1) is 0 Å². The zero-order valence-electron chi connectivity index (χ0n) is 13.9. The van der Waals surface area contributed by atoms with Crippen molar-refractivity contribution in [1.82, 2.24) is 0 Å². The van der Waals surface area contributed by atoms with Gasteiger partial charge in [-0.2, -0.15) is 0 Å². The van der Waals surface area contributed by atoms with Crippen LogP contribution in [0.5, 0.6) is 0 Å². The standard InChI is InChI=1S/C19H19Cl2NO3/c1-2-25-19(24)10-11-22(15-6-4-3-5-7-15)18(23)13-14-8-9-16(20)17(21)12-14/h3-9,12H,2,10-11,13H2,1H3. The van der Waals surface area contributed by atoms with Gasteiger partial charge >= 0.3 is 5.97 Å². The third-order valence-corrected chi connectivity index (χ3v) is 4.29. The van der Waals surface area contributed by atoms with Crippen LogP contribution in [0.4, 0.5) is 5.69 Å². The van der Waals surface area contributed by atoms with Crippen LogP contribution in [-0.2, 0) is 20.7 Å². The van der Waals surface area contributed by atoms with Crippen LogP contribution in [-0.4, -0.2) is 25.0 Å². The molecule has 0 bridgehead atoms. The molecule has 4 nitrogen and oxygen atoms in total. The van der Waals surface area contributed by atoms with E-state index in [-0.39, 0.29) is 31.3 Å². The number of anilines is 1. The largest absolute Gasteiger partial charge is 0.466 e. The van der Waals surface area contributed by atoms with Crippen LogP contribution >= 0.6 is 23.2 Å². The molecule has 0 fully saturated rings. The summed E-state index contributed by atoms with van der Waals surface area (Å²) in [5.41, 5.74) is 1.49. The van der Waals surface area contributed by atoms with Gasteiger partial charge in [-0.3, -0.25) is 9.59 Å². The normalized spacial score (nSPS) is 10.4. The number of para-hydroxylation sites is 1. The molecule has 0 saturated heterocycles. The number of carbonyl (C=O) groups excluding carboxylic acids is 2. The van der Waals surface area contributed by atoms with Gasteiger partial charge in [-0.05, 0) is 36.8 Å². The molecule has 132 valence electrons. The lowest BCUT2D eigenvalue weighted by molar-refractivity contribution is -0.142. The highest BCUT2D eigenvalue weighted by Crippen LogP contribution is 2.23. The van der Waals surface area contributed by atoms with Crippen LogP contribution in [0.2, 0.25) is 10.0 Å². The number of ether oxygens (including phenoxy) is 1. The Hall–Kier alpha value is -2.04. The maximum absolute atomic E-state index is 12.8. The zero-order valence-corrected chi connectivity index (χ0v) is 15.4. The monoisotopic (exact) mass is 379 g/mol. The van der Waals surface area contributed by atoms with Gasteiger partial charge in [0.1, 0.15) is 0 Å². The van der Waals surface area contributed by atoms with Gasteiger partial charge in [-0.1, -0.05) is 47.5 Å². The van der Waals surface area contributed by atoms with Crippen molar-refractivity contribution < 1.29 is 14.3 Å². The van der Waals surface area contributed by atoms with E-state index in [1.807, 2.05) is 30.3 Å². The van der Waals surface area contributed by atoms with E-state index in [1.54, 1.807) is 30.0 Å². The fraction of sp³-hybridized carbons (Fsp3) is 0.263. The molecule has 0 aliphatic carbocycles. The summed E-state index contributed by atoms with van der Waals surface area (Å²) >= 11 is 11.9. The summed E-state index contributed by atoms with van der Waals surface area (Å²) in [5, 5.41) is 0.852. The van der Waals surface area contributed by atoms with Gasteiger partial charge in [0.2, 0.25) is 5.91 Å². The van der Waals surface area contributed by atoms with E-state index in [4.69, 9.17) is 27.9 Å². The number of hydrogen-bond donors (Lipinski definition) is 0. The molecule has 0 radical (unpaired) electrons. The van der Waals surface area contributed by atoms with Crippen LogP contribution in [0, 0.1) is 0 Å². The lowest BCUT2D eigenvalue weighted by Gasteiger charge is -2.22. The van der Waals surface area contributed by atoms with Crippen LogP contribution in [0.3, 0.4) is 0 Å². The van der Waals surface area contributed by atoms with Gasteiger partial charge in [0.15, 0.2) is 0 Å². The second-order valence-corrected chi connectivity index (χ2v) is 6.18. The minimum absolute atomic E-state index is 0.131. The van der Waals surface area contributed by atoms with E-state index in [0.717, 1.165) is 11.3 Å². The molecule has 0 aliphatic heterocycles. The van der Waals surface area contributed by atoms with E-state index >= 15 is 0 Å².